The first kappa shape index (κ1) is 24.2. The largest absolute Gasteiger partial charge is 0.493 e. The van der Waals surface area contributed by atoms with Gasteiger partial charge in [-0.15, -0.1) is 0 Å². The summed E-state index contributed by atoms with van der Waals surface area (Å²) in [5.74, 6) is -0.534. The second-order valence-electron chi connectivity index (χ2n) is 7.66. The molecule has 9 heteroatoms. The molecule has 0 spiro atoms. The summed E-state index contributed by atoms with van der Waals surface area (Å²) in [6, 6.07) is 8.42. The highest BCUT2D eigenvalue weighted by atomic mass is 35.5. The van der Waals surface area contributed by atoms with Crippen molar-refractivity contribution in [1.29, 1.82) is 0 Å². The standard InChI is InChI=1S/C23H25ClF3NO4/c1-3-32-19-9-7-15(12-20(19)31-2)21(28-10-4-5-16(13-28)22(29)30)14-6-8-18(24)17(11-14)23(25,26)27/h6-9,11-12,16,21H,3-5,10,13H2,1-2H3,(H,29,30). The number of aliphatic carboxylic acids is 1. The van der Waals surface area contributed by atoms with Crippen LogP contribution in [0, 0.1) is 5.92 Å². The molecule has 0 aliphatic carbocycles. The lowest BCUT2D eigenvalue weighted by Crippen LogP contribution is -2.41. The molecule has 0 aromatic heterocycles. The van der Waals surface area contributed by atoms with Gasteiger partial charge in [-0.1, -0.05) is 23.7 Å². The Morgan fingerprint density at radius 2 is 1.91 bits per heavy atom. The van der Waals surface area contributed by atoms with Crippen molar-refractivity contribution in [2.45, 2.75) is 32.0 Å². The van der Waals surface area contributed by atoms with Gasteiger partial charge in [0.2, 0.25) is 0 Å². The minimum absolute atomic E-state index is 0.222. The number of halogens is 4. The third kappa shape index (κ3) is 5.30. The fourth-order valence-electron chi connectivity index (χ4n) is 4.12. The van der Waals surface area contributed by atoms with Crippen LogP contribution in [0.4, 0.5) is 13.2 Å². The summed E-state index contributed by atoms with van der Waals surface area (Å²) in [7, 11) is 1.49. The molecule has 1 aliphatic rings. The molecule has 0 radical (unpaired) electrons. The predicted octanol–water partition coefficient (Wildman–Crippen LogP) is 5.65. The lowest BCUT2D eigenvalue weighted by molar-refractivity contribution is -0.143. The summed E-state index contributed by atoms with van der Waals surface area (Å²) in [6.07, 6.45) is -3.46. The van der Waals surface area contributed by atoms with Gasteiger partial charge in [0.15, 0.2) is 11.5 Å². The molecule has 1 saturated heterocycles. The number of hydrogen-bond acceptors (Lipinski definition) is 4. The molecule has 0 amide bonds. The molecule has 1 fully saturated rings. The van der Waals surface area contributed by atoms with Crippen LogP contribution < -0.4 is 9.47 Å². The molecule has 2 aromatic rings. The Bertz CT molecular complexity index is 967. The Balaban J connectivity index is 2.12. The summed E-state index contributed by atoms with van der Waals surface area (Å²) in [6.45, 7) is 3.04. The molecule has 1 N–H and O–H groups in total. The molecule has 32 heavy (non-hydrogen) atoms. The first-order valence-corrected chi connectivity index (χ1v) is 10.7. The summed E-state index contributed by atoms with van der Waals surface area (Å²) in [5.41, 5.74) is 0.122. The fraction of sp³-hybridized carbons (Fsp3) is 0.435. The number of carboxylic acids is 1. The SMILES string of the molecule is CCOc1ccc(C(c2ccc(Cl)c(C(F)(F)F)c2)N2CCCC(C(=O)O)C2)cc1OC. The number of hydrogen-bond donors (Lipinski definition) is 1. The Morgan fingerprint density at radius 3 is 2.53 bits per heavy atom. The topological polar surface area (TPSA) is 59.0 Å². The van der Waals surface area contributed by atoms with E-state index in [1.54, 1.807) is 24.3 Å². The van der Waals surface area contributed by atoms with E-state index < -0.39 is 29.7 Å². The molecule has 0 saturated carbocycles. The van der Waals surface area contributed by atoms with Crippen molar-refractivity contribution in [3.63, 3.8) is 0 Å². The maximum absolute atomic E-state index is 13.5. The molecule has 2 unspecified atom stereocenters. The normalized spacial score (nSPS) is 18.2. The number of benzene rings is 2. The quantitative estimate of drug-likeness (QED) is 0.565. The van der Waals surface area contributed by atoms with Crippen molar-refractivity contribution in [2.75, 3.05) is 26.8 Å². The zero-order valence-electron chi connectivity index (χ0n) is 17.8. The van der Waals surface area contributed by atoms with E-state index in [4.69, 9.17) is 21.1 Å². The Labute approximate surface area is 189 Å². The highest BCUT2D eigenvalue weighted by Crippen LogP contribution is 2.41. The summed E-state index contributed by atoms with van der Waals surface area (Å²) in [5, 5.41) is 9.13. The van der Waals surface area contributed by atoms with E-state index in [2.05, 4.69) is 0 Å². The molecule has 174 valence electrons. The minimum atomic E-state index is -4.61. The van der Waals surface area contributed by atoms with Gasteiger partial charge in [-0.05, 0) is 61.7 Å². The summed E-state index contributed by atoms with van der Waals surface area (Å²) < 4.78 is 51.6. The monoisotopic (exact) mass is 471 g/mol. The molecule has 5 nitrogen and oxygen atoms in total. The van der Waals surface area contributed by atoms with E-state index in [1.807, 2.05) is 11.8 Å². The van der Waals surface area contributed by atoms with Gasteiger partial charge < -0.3 is 14.6 Å². The minimum Gasteiger partial charge on any atom is -0.493 e. The molecule has 1 aliphatic heterocycles. The molecule has 2 atom stereocenters. The van der Waals surface area contributed by atoms with Gasteiger partial charge in [-0.2, -0.15) is 13.2 Å². The van der Waals surface area contributed by atoms with Crippen LogP contribution in [0.5, 0.6) is 11.5 Å². The van der Waals surface area contributed by atoms with Crippen LogP contribution in [-0.4, -0.2) is 42.8 Å². The maximum Gasteiger partial charge on any atom is 0.417 e. The summed E-state index contributed by atoms with van der Waals surface area (Å²) in [4.78, 5) is 13.5. The van der Waals surface area contributed by atoms with E-state index in [0.717, 1.165) is 6.07 Å². The molecule has 3 rings (SSSR count). The Morgan fingerprint density at radius 1 is 1.22 bits per heavy atom. The van der Waals surface area contributed by atoms with Gasteiger partial charge in [0, 0.05) is 6.54 Å². The highest BCUT2D eigenvalue weighted by molar-refractivity contribution is 6.31. The molecular formula is C23H25ClF3NO4. The van der Waals surface area contributed by atoms with E-state index in [0.29, 0.717) is 48.6 Å². The molecule has 2 aromatic carbocycles. The van der Waals surface area contributed by atoms with E-state index in [-0.39, 0.29) is 11.6 Å². The second-order valence-corrected chi connectivity index (χ2v) is 8.06. The highest BCUT2D eigenvalue weighted by Gasteiger charge is 2.36. The number of methoxy groups -OCH3 is 1. The Kier molecular flexibility index (Phi) is 7.56. The van der Waals surface area contributed by atoms with Gasteiger partial charge >= 0.3 is 12.1 Å². The lowest BCUT2D eigenvalue weighted by Gasteiger charge is -2.38. The van der Waals surface area contributed by atoms with E-state index in [9.17, 15) is 23.1 Å². The first-order valence-electron chi connectivity index (χ1n) is 10.3. The number of carboxylic acid groups (broad SMARTS) is 1. The van der Waals surface area contributed by atoms with Crippen LogP contribution in [0.3, 0.4) is 0 Å². The number of rotatable bonds is 7. The van der Waals surface area contributed by atoms with Gasteiger partial charge in [-0.25, -0.2) is 0 Å². The van der Waals surface area contributed by atoms with E-state index >= 15 is 0 Å². The molecule has 0 bridgehead atoms. The van der Waals surface area contributed by atoms with Gasteiger partial charge in [0.05, 0.1) is 36.3 Å². The van der Waals surface area contributed by atoms with Crippen LogP contribution >= 0.6 is 11.6 Å². The van der Waals surface area contributed by atoms with Crippen molar-refractivity contribution in [2.24, 2.45) is 5.92 Å². The average molecular weight is 472 g/mol. The predicted molar refractivity (Wildman–Crippen MR) is 114 cm³/mol. The molecular weight excluding hydrogens is 447 g/mol. The average Bonchev–Trinajstić information content (AvgIpc) is 2.75. The van der Waals surface area contributed by atoms with E-state index in [1.165, 1.54) is 13.2 Å². The number of likely N-dealkylation sites (tertiary alicyclic amines) is 1. The third-order valence-electron chi connectivity index (χ3n) is 5.58. The number of nitrogens with zero attached hydrogens (tertiary/aromatic N) is 1. The number of ether oxygens (including phenoxy) is 2. The number of piperidine rings is 1. The zero-order valence-corrected chi connectivity index (χ0v) is 18.5. The fourth-order valence-corrected chi connectivity index (χ4v) is 4.34. The zero-order chi connectivity index (χ0) is 23.5. The van der Waals surface area contributed by atoms with Gasteiger partial charge in [0.1, 0.15) is 0 Å². The van der Waals surface area contributed by atoms with Gasteiger partial charge in [-0.3, -0.25) is 9.69 Å². The van der Waals surface area contributed by atoms with Crippen molar-refractivity contribution in [1.82, 2.24) is 4.90 Å². The van der Waals surface area contributed by atoms with Crippen LogP contribution in [0.15, 0.2) is 36.4 Å². The number of carbonyl (C=O) groups is 1. The third-order valence-corrected chi connectivity index (χ3v) is 5.91. The van der Waals surface area contributed by atoms with Crippen molar-refractivity contribution < 1.29 is 32.5 Å². The summed E-state index contributed by atoms with van der Waals surface area (Å²) >= 11 is 5.84. The van der Waals surface area contributed by atoms with Crippen LogP contribution in [-0.2, 0) is 11.0 Å². The number of alkyl halides is 3. The molecule has 1 heterocycles. The van der Waals surface area contributed by atoms with Crippen LogP contribution in [0.2, 0.25) is 5.02 Å². The van der Waals surface area contributed by atoms with Crippen molar-refractivity contribution in [3.8, 4) is 11.5 Å². The van der Waals surface area contributed by atoms with Gasteiger partial charge in [0.25, 0.3) is 0 Å². The second kappa shape index (κ2) is 10.0. The first-order chi connectivity index (χ1) is 15.2. The van der Waals surface area contributed by atoms with Crippen molar-refractivity contribution >= 4 is 17.6 Å². The maximum atomic E-state index is 13.5. The Hall–Kier alpha value is -2.45. The van der Waals surface area contributed by atoms with Crippen molar-refractivity contribution in [3.05, 3.63) is 58.1 Å². The smallest absolute Gasteiger partial charge is 0.417 e. The van der Waals surface area contributed by atoms with Crippen LogP contribution in [0.25, 0.3) is 0 Å². The lowest BCUT2D eigenvalue weighted by atomic mass is 9.90. The van der Waals surface area contributed by atoms with Crippen LogP contribution in [0.1, 0.15) is 42.5 Å².